The van der Waals surface area contributed by atoms with Gasteiger partial charge in [0.05, 0.1) is 12.7 Å². The number of hydrogen-bond acceptors (Lipinski definition) is 3. The number of alkyl halides is 3. The molecule has 3 nitrogen and oxygen atoms in total. The van der Waals surface area contributed by atoms with Crippen LogP contribution >= 0.6 is 0 Å². The second-order valence-corrected chi connectivity index (χ2v) is 3.37. The summed E-state index contributed by atoms with van der Waals surface area (Å²) < 4.78 is 41.1. The van der Waals surface area contributed by atoms with Crippen LogP contribution in [0.2, 0.25) is 0 Å². The first-order valence-electron chi connectivity index (χ1n) is 4.76. The van der Waals surface area contributed by atoms with E-state index < -0.39 is 29.1 Å². The van der Waals surface area contributed by atoms with Gasteiger partial charge in [-0.1, -0.05) is 18.7 Å². The zero-order valence-electron chi connectivity index (χ0n) is 9.38. The molecule has 0 saturated carbocycles. The molecule has 0 amide bonds. The first kappa shape index (κ1) is 14.0. The third-order valence-corrected chi connectivity index (χ3v) is 2.18. The summed E-state index contributed by atoms with van der Waals surface area (Å²) in [6.45, 7) is 3.23. The molecule has 0 aliphatic heterocycles. The number of rotatable bonds is 3. The highest BCUT2D eigenvalue weighted by atomic mass is 19.4. The maximum atomic E-state index is 12.3. The molecule has 18 heavy (non-hydrogen) atoms. The van der Waals surface area contributed by atoms with Crippen molar-refractivity contribution < 1.29 is 27.5 Å². The van der Waals surface area contributed by atoms with Crippen molar-refractivity contribution in [1.29, 1.82) is 0 Å². The van der Waals surface area contributed by atoms with Gasteiger partial charge in [-0.25, -0.2) is 4.79 Å². The van der Waals surface area contributed by atoms with E-state index in [1.807, 2.05) is 0 Å². The van der Waals surface area contributed by atoms with Crippen molar-refractivity contribution in [3.8, 4) is 0 Å². The maximum absolute atomic E-state index is 12.3. The summed E-state index contributed by atoms with van der Waals surface area (Å²) >= 11 is 0. The van der Waals surface area contributed by atoms with Gasteiger partial charge in [0, 0.05) is 5.56 Å². The molecule has 1 aromatic carbocycles. The lowest BCUT2D eigenvalue weighted by molar-refractivity contribution is -0.138. The van der Waals surface area contributed by atoms with E-state index >= 15 is 0 Å². The van der Waals surface area contributed by atoms with Crippen LogP contribution in [0, 0.1) is 0 Å². The average molecular weight is 258 g/mol. The van der Waals surface area contributed by atoms with E-state index in [4.69, 9.17) is 0 Å². The van der Waals surface area contributed by atoms with Crippen molar-refractivity contribution in [2.24, 2.45) is 0 Å². The summed E-state index contributed by atoms with van der Waals surface area (Å²) in [4.78, 5) is 22.7. The van der Waals surface area contributed by atoms with E-state index in [2.05, 4.69) is 11.3 Å². The van der Waals surface area contributed by atoms with E-state index in [1.54, 1.807) is 0 Å². The topological polar surface area (TPSA) is 43.4 Å². The van der Waals surface area contributed by atoms with Crippen LogP contribution in [0.3, 0.4) is 0 Å². The van der Waals surface area contributed by atoms with Crippen molar-refractivity contribution >= 4 is 11.8 Å². The van der Waals surface area contributed by atoms with Crippen LogP contribution < -0.4 is 0 Å². The molecule has 0 spiro atoms. The van der Waals surface area contributed by atoms with Crippen molar-refractivity contribution in [2.45, 2.75) is 6.18 Å². The van der Waals surface area contributed by atoms with Gasteiger partial charge in [-0.2, -0.15) is 13.2 Å². The molecule has 0 unspecified atom stereocenters. The van der Waals surface area contributed by atoms with E-state index in [1.165, 1.54) is 0 Å². The van der Waals surface area contributed by atoms with Crippen molar-refractivity contribution in [1.82, 2.24) is 0 Å². The number of ether oxygens (including phenoxy) is 1. The van der Waals surface area contributed by atoms with Crippen molar-refractivity contribution in [3.05, 3.63) is 47.5 Å². The Bertz CT molecular complexity index is 486. The molecule has 1 rings (SSSR count). The number of Topliss-reactive ketones (excluding diaryl/α,β-unsaturated/α-hetero) is 1. The maximum Gasteiger partial charge on any atom is 0.416 e. The SMILES string of the molecule is C=C(C(=O)OC)C(=O)c1ccc(C(F)(F)F)cc1. The average Bonchev–Trinajstić information content (AvgIpc) is 2.35. The summed E-state index contributed by atoms with van der Waals surface area (Å²) in [5, 5.41) is 0. The van der Waals surface area contributed by atoms with Crippen LogP contribution in [0.4, 0.5) is 13.2 Å². The minimum Gasteiger partial charge on any atom is -0.465 e. The van der Waals surface area contributed by atoms with Crippen molar-refractivity contribution in [3.63, 3.8) is 0 Å². The molecule has 0 saturated heterocycles. The number of carbonyl (C=O) groups is 2. The van der Waals surface area contributed by atoms with Crippen LogP contribution in [-0.4, -0.2) is 18.9 Å². The van der Waals surface area contributed by atoms with Crippen LogP contribution in [0.15, 0.2) is 36.4 Å². The summed E-state index contributed by atoms with van der Waals surface area (Å²) in [5.74, 6) is -1.68. The van der Waals surface area contributed by atoms with Gasteiger partial charge >= 0.3 is 12.1 Å². The Kier molecular flexibility index (Phi) is 3.90. The monoisotopic (exact) mass is 258 g/mol. The Hall–Kier alpha value is -2.11. The number of carbonyl (C=O) groups excluding carboxylic acids is 2. The first-order chi connectivity index (χ1) is 8.27. The summed E-state index contributed by atoms with van der Waals surface area (Å²) in [6, 6.07) is 3.49. The molecular formula is C12H9F3O3. The Morgan fingerprint density at radius 1 is 1.17 bits per heavy atom. The molecule has 1 aromatic rings. The van der Waals surface area contributed by atoms with Gasteiger partial charge in [0.1, 0.15) is 5.57 Å². The fraction of sp³-hybridized carbons (Fsp3) is 0.167. The minimum atomic E-state index is -4.47. The first-order valence-corrected chi connectivity index (χ1v) is 4.76. The van der Waals surface area contributed by atoms with Crippen LogP contribution in [0.25, 0.3) is 0 Å². The highest BCUT2D eigenvalue weighted by molar-refractivity contribution is 6.23. The molecule has 0 aliphatic rings. The smallest absolute Gasteiger partial charge is 0.416 e. The molecule has 0 N–H and O–H groups in total. The molecule has 0 aliphatic carbocycles. The Morgan fingerprint density at radius 3 is 2.06 bits per heavy atom. The zero-order chi connectivity index (χ0) is 13.9. The van der Waals surface area contributed by atoms with Crippen LogP contribution in [-0.2, 0) is 15.7 Å². The minimum absolute atomic E-state index is 0.0570. The normalized spacial score (nSPS) is 10.9. The quantitative estimate of drug-likeness (QED) is 0.275. The van der Waals surface area contributed by atoms with Crippen molar-refractivity contribution in [2.75, 3.05) is 7.11 Å². The van der Waals surface area contributed by atoms with E-state index in [0.717, 1.165) is 31.4 Å². The highest BCUT2D eigenvalue weighted by Gasteiger charge is 2.30. The molecule has 0 fully saturated rings. The molecule has 0 bridgehead atoms. The fourth-order valence-corrected chi connectivity index (χ4v) is 1.20. The van der Waals surface area contributed by atoms with Crippen LogP contribution in [0.1, 0.15) is 15.9 Å². The number of benzene rings is 1. The van der Waals surface area contributed by atoms with E-state index in [-0.39, 0.29) is 5.56 Å². The lowest BCUT2D eigenvalue weighted by Crippen LogP contribution is -2.14. The van der Waals surface area contributed by atoms with Gasteiger partial charge < -0.3 is 4.74 Å². The molecule has 0 atom stereocenters. The highest BCUT2D eigenvalue weighted by Crippen LogP contribution is 2.29. The van der Waals surface area contributed by atoms with Gasteiger partial charge in [0.15, 0.2) is 5.78 Å². The summed E-state index contributed by atoms with van der Waals surface area (Å²) in [7, 11) is 1.08. The second kappa shape index (κ2) is 5.03. The fourth-order valence-electron chi connectivity index (χ4n) is 1.20. The largest absolute Gasteiger partial charge is 0.465 e. The summed E-state index contributed by atoms with van der Waals surface area (Å²) in [5.41, 5.74) is -1.36. The molecular weight excluding hydrogens is 249 g/mol. The molecule has 96 valence electrons. The third kappa shape index (κ3) is 2.97. The molecule has 0 radical (unpaired) electrons. The summed E-state index contributed by atoms with van der Waals surface area (Å²) in [6.07, 6.45) is -4.47. The van der Waals surface area contributed by atoms with E-state index in [0.29, 0.717) is 0 Å². The molecule has 0 heterocycles. The predicted molar refractivity (Wildman–Crippen MR) is 56.9 cm³/mol. The molecule has 6 heteroatoms. The lowest BCUT2D eigenvalue weighted by atomic mass is 10.0. The van der Waals surface area contributed by atoms with Gasteiger partial charge in [-0.05, 0) is 12.1 Å². The van der Waals surface area contributed by atoms with Gasteiger partial charge in [0.2, 0.25) is 0 Å². The van der Waals surface area contributed by atoms with E-state index in [9.17, 15) is 22.8 Å². The Morgan fingerprint density at radius 2 is 1.67 bits per heavy atom. The number of ketones is 1. The zero-order valence-corrected chi connectivity index (χ0v) is 9.38. The Balaban J connectivity index is 2.96. The standard InChI is InChI=1S/C12H9F3O3/c1-7(11(17)18-2)10(16)8-3-5-9(6-4-8)12(13,14)15/h3-6H,1H2,2H3. The number of halogens is 3. The molecule has 0 aromatic heterocycles. The lowest BCUT2D eigenvalue weighted by Gasteiger charge is -2.07. The van der Waals surface area contributed by atoms with Gasteiger partial charge in [-0.15, -0.1) is 0 Å². The number of methoxy groups -OCH3 is 1. The predicted octanol–water partition coefficient (Wildman–Crippen LogP) is 2.62. The second-order valence-electron chi connectivity index (χ2n) is 3.37. The van der Waals surface area contributed by atoms with Gasteiger partial charge in [0.25, 0.3) is 0 Å². The number of esters is 1. The number of hydrogen-bond donors (Lipinski definition) is 0. The van der Waals surface area contributed by atoms with Gasteiger partial charge in [-0.3, -0.25) is 4.79 Å². The van der Waals surface area contributed by atoms with Crippen LogP contribution in [0.5, 0.6) is 0 Å². The Labute approximate surface area is 101 Å². The third-order valence-electron chi connectivity index (χ3n) is 2.18.